The van der Waals surface area contributed by atoms with E-state index in [0.717, 1.165) is 5.56 Å². The topological polar surface area (TPSA) is 73.6 Å². The summed E-state index contributed by atoms with van der Waals surface area (Å²) < 4.78 is 5.32. The van der Waals surface area contributed by atoms with Crippen LogP contribution in [0.15, 0.2) is 65.2 Å². The van der Waals surface area contributed by atoms with E-state index in [1.54, 1.807) is 23.1 Å². The van der Waals surface area contributed by atoms with E-state index in [4.69, 9.17) is 16.3 Å². The molecule has 2 heterocycles. The molecule has 0 radical (unpaired) electrons. The van der Waals surface area contributed by atoms with Crippen molar-refractivity contribution < 1.29 is 14.3 Å². The second-order valence-electron chi connectivity index (χ2n) is 7.11. The Labute approximate surface area is 190 Å². The van der Waals surface area contributed by atoms with E-state index < -0.39 is 5.25 Å². The van der Waals surface area contributed by atoms with Gasteiger partial charge in [0.2, 0.25) is 5.91 Å². The Kier molecular flexibility index (Phi) is 6.62. The van der Waals surface area contributed by atoms with Gasteiger partial charge in [-0.25, -0.2) is 0 Å². The molecule has 2 aliphatic heterocycles. The maximum absolute atomic E-state index is 13.4. The number of amides is 2. The maximum Gasteiger partial charge on any atom is 0.267 e. The van der Waals surface area contributed by atoms with Gasteiger partial charge in [0.25, 0.3) is 5.91 Å². The van der Waals surface area contributed by atoms with E-state index in [9.17, 15) is 14.9 Å². The smallest absolute Gasteiger partial charge is 0.267 e. The Hall–Kier alpha value is -2.79. The van der Waals surface area contributed by atoms with Crippen LogP contribution in [0.2, 0.25) is 5.02 Å². The van der Waals surface area contributed by atoms with Gasteiger partial charge in [-0.3, -0.25) is 14.5 Å². The van der Waals surface area contributed by atoms with Crippen LogP contribution in [0.5, 0.6) is 0 Å². The Morgan fingerprint density at radius 1 is 1.13 bits per heavy atom. The van der Waals surface area contributed by atoms with Crippen LogP contribution in [-0.2, 0) is 20.7 Å². The Balaban J connectivity index is 1.73. The van der Waals surface area contributed by atoms with Crippen LogP contribution in [0.4, 0.5) is 5.69 Å². The number of morpholine rings is 1. The number of carbonyl (C=O) groups excluding carboxylic acids is 2. The molecule has 2 aromatic rings. The second kappa shape index (κ2) is 9.56. The molecule has 6 nitrogen and oxygen atoms in total. The average Bonchev–Trinajstić information content (AvgIpc) is 3.12. The Morgan fingerprint density at radius 2 is 1.81 bits per heavy atom. The number of nitrogens with zero attached hydrogens (tertiary/aromatic N) is 3. The molecule has 0 bridgehead atoms. The van der Waals surface area contributed by atoms with Crippen LogP contribution < -0.4 is 4.90 Å². The summed E-state index contributed by atoms with van der Waals surface area (Å²) in [7, 11) is 0. The molecular weight excluding hydrogens is 434 g/mol. The van der Waals surface area contributed by atoms with Gasteiger partial charge in [0, 0.05) is 23.8 Å². The molecule has 2 aliphatic rings. The quantitative estimate of drug-likeness (QED) is 0.522. The minimum Gasteiger partial charge on any atom is -0.378 e. The van der Waals surface area contributed by atoms with E-state index >= 15 is 0 Å². The van der Waals surface area contributed by atoms with Crippen LogP contribution in [0.25, 0.3) is 0 Å². The highest BCUT2D eigenvalue weighted by Crippen LogP contribution is 2.42. The Morgan fingerprint density at radius 3 is 2.48 bits per heavy atom. The molecular formula is C23H20ClN3O3S. The second-order valence-corrected chi connectivity index (χ2v) is 8.71. The third-order valence-corrected chi connectivity index (χ3v) is 6.80. The lowest BCUT2D eigenvalue weighted by Gasteiger charge is -2.27. The molecule has 8 heteroatoms. The first-order valence-corrected chi connectivity index (χ1v) is 11.2. The van der Waals surface area contributed by atoms with Crippen molar-refractivity contribution in [1.82, 2.24) is 4.90 Å². The first-order chi connectivity index (χ1) is 15.1. The van der Waals surface area contributed by atoms with Gasteiger partial charge in [0.15, 0.2) is 0 Å². The standard InChI is InChI=1S/C23H20ClN3O3S/c24-19-9-5-4-6-16(19)14-20-22(29)27(17-7-2-1-3-8-17)23(31-20)18(15-25)21(28)26-10-12-30-13-11-26/h1-9,20H,10-14H2/b23-18+/t20-/m1/s1. The van der Waals surface area contributed by atoms with Crippen molar-refractivity contribution in [1.29, 1.82) is 5.26 Å². The van der Waals surface area contributed by atoms with Crippen LogP contribution in [0, 0.1) is 11.3 Å². The van der Waals surface area contributed by atoms with Gasteiger partial charge in [0.05, 0.1) is 18.5 Å². The normalized spacial score (nSPS) is 20.5. The van der Waals surface area contributed by atoms with Gasteiger partial charge in [-0.1, -0.05) is 59.8 Å². The third kappa shape index (κ3) is 4.47. The molecule has 2 fully saturated rings. The molecule has 2 aromatic carbocycles. The highest BCUT2D eigenvalue weighted by molar-refractivity contribution is 8.05. The van der Waals surface area contributed by atoms with Crippen molar-refractivity contribution in [3.63, 3.8) is 0 Å². The summed E-state index contributed by atoms with van der Waals surface area (Å²) in [6.45, 7) is 1.71. The maximum atomic E-state index is 13.4. The summed E-state index contributed by atoms with van der Waals surface area (Å²) in [6, 6.07) is 18.5. The zero-order valence-corrected chi connectivity index (χ0v) is 18.2. The van der Waals surface area contributed by atoms with Gasteiger partial charge in [-0.15, -0.1) is 0 Å². The lowest BCUT2D eigenvalue weighted by molar-refractivity contribution is -0.130. The number of ether oxygens (including phenoxy) is 1. The summed E-state index contributed by atoms with van der Waals surface area (Å²) in [6.07, 6.45) is 0.403. The van der Waals surface area contributed by atoms with E-state index in [-0.39, 0.29) is 17.4 Å². The number of halogens is 1. The number of para-hydroxylation sites is 1. The van der Waals surface area contributed by atoms with Gasteiger partial charge in [-0.05, 0) is 30.2 Å². The molecule has 0 aliphatic carbocycles. The lowest BCUT2D eigenvalue weighted by Crippen LogP contribution is -2.42. The predicted molar refractivity (Wildman–Crippen MR) is 121 cm³/mol. The number of nitriles is 1. The number of carbonyl (C=O) groups is 2. The largest absolute Gasteiger partial charge is 0.378 e. The van der Waals surface area contributed by atoms with Gasteiger partial charge >= 0.3 is 0 Å². The third-order valence-electron chi connectivity index (χ3n) is 5.17. The summed E-state index contributed by atoms with van der Waals surface area (Å²) in [4.78, 5) is 29.7. The first kappa shape index (κ1) is 21.4. The van der Waals surface area contributed by atoms with Crippen LogP contribution in [-0.4, -0.2) is 48.3 Å². The summed E-state index contributed by atoms with van der Waals surface area (Å²) >= 11 is 7.56. The van der Waals surface area contributed by atoms with Crippen molar-refractivity contribution in [2.45, 2.75) is 11.7 Å². The molecule has 31 heavy (non-hydrogen) atoms. The summed E-state index contributed by atoms with van der Waals surface area (Å²) in [5.41, 5.74) is 1.45. The molecule has 2 amide bonds. The van der Waals surface area contributed by atoms with Gasteiger partial charge in [-0.2, -0.15) is 5.26 Å². The zero-order chi connectivity index (χ0) is 21.8. The van der Waals surface area contributed by atoms with E-state index in [0.29, 0.717) is 48.5 Å². The zero-order valence-electron chi connectivity index (χ0n) is 16.7. The lowest BCUT2D eigenvalue weighted by atomic mass is 10.1. The molecule has 0 unspecified atom stereocenters. The van der Waals surface area contributed by atoms with Crippen molar-refractivity contribution in [3.05, 3.63) is 75.8 Å². The monoisotopic (exact) mass is 453 g/mol. The molecule has 0 spiro atoms. The highest BCUT2D eigenvalue weighted by Gasteiger charge is 2.41. The van der Waals surface area contributed by atoms with Crippen molar-refractivity contribution in [2.24, 2.45) is 0 Å². The van der Waals surface area contributed by atoms with Crippen LogP contribution in [0.1, 0.15) is 5.56 Å². The molecule has 4 rings (SSSR count). The average molecular weight is 454 g/mol. The fraction of sp³-hybridized carbons (Fsp3) is 0.261. The molecule has 1 atom stereocenters. The predicted octanol–water partition coefficient (Wildman–Crippen LogP) is 3.63. The summed E-state index contributed by atoms with van der Waals surface area (Å²) in [5.74, 6) is -0.547. The van der Waals surface area contributed by atoms with E-state index in [1.807, 2.05) is 36.4 Å². The minimum atomic E-state index is -0.490. The van der Waals surface area contributed by atoms with Gasteiger partial charge < -0.3 is 9.64 Å². The molecule has 0 N–H and O–H groups in total. The SMILES string of the molecule is N#C/C(C(=O)N1CCOCC1)=C1\S[C@H](Cc2ccccc2Cl)C(=O)N1c1ccccc1. The van der Waals surface area contributed by atoms with Crippen molar-refractivity contribution in [3.8, 4) is 6.07 Å². The van der Waals surface area contributed by atoms with E-state index in [2.05, 4.69) is 6.07 Å². The number of anilines is 1. The Bertz CT molecular complexity index is 1060. The highest BCUT2D eigenvalue weighted by atomic mass is 35.5. The molecule has 2 saturated heterocycles. The van der Waals surface area contributed by atoms with Crippen LogP contribution in [0.3, 0.4) is 0 Å². The molecule has 0 saturated carbocycles. The van der Waals surface area contributed by atoms with Crippen molar-refractivity contribution in [2.75, 3.05) is 31.2 Å². The minimum absolute atomic E-state index is 0.0224. The number of hydrogen-bond donors (Lipinski definition) is 0. The van der Waals surface area contributed by atoms with E-state index in [1.165, 1.54) is 16.7 Å². The molecule has 0 aromatic heterocycles. The fourth-order valence-corrected chi connectivity index (χ4v) is 5.08. The number of benzene rings is 2. The number of hydrogen-bond acceptors (Lipinski definition) is 5. The fourth-order valence-electron chi connectivity index (χ4n) is 3.58. The summed E-state index contributed by atoms with van der Waals surface area (Å²) in [5, 5.41) is 10.4. The number of rotatable bonds is 4. The number of thioether (sulfide) groups is 1. The first-order valence-electron chi connectivity index (χ1n) is 9.90. The van der Waals surface area contributed by atoms with Crippen LogP contribution >= 0.6 is 23.4 Å². The van der Waals surface area contributed by atoms with Crippen molar-refractivity contribution >= 4 is 40.9 Å². The molecule has 158 valence electrons. The van der Waals surface area contributed by atoms with Gasteiger partial charge in [0.1, 0.15) is 16.7 Å².